The topological polar surface area (TPSA) is 83.7 Å². The Bertz CT molecular complexity index is 845. The van der Waals surface area contributed by atoms with Crippen molar-refractivity contribution < 1.29 is 13.2 Å². The highest BCUT2D eigenvalue weighted by atomic mass is 32.2. The number of piperazine rings is 1. The van der Waals surface area contributed by atoms with E-state index in [4.69, 9.17) is 5.73 Å². The summed E-state index contributed by atoms with van der Waals surface area (Å²) in [6, 6.07) is 15.6. The Morgan fingerprint density at radius 1 is 0.960 bits per heavy atom. The molecule has 1 aliphatic heterocycles. The number of nitrogens with two attached hydrogens (primary N) is 1. The smallest absolute Gasteiger partial charge is 0.243 e. The van der Waals surface area contributed by atoms with Crippen LogP contribution in [0.3, 0.4) is 0 Å². The third kappa shape index (κ3) is 4.00. The zero-order chi connectivity index (χ0) is 17.9. The van der Waals surface area contributed by atoms with E-state index >= 15 is 0 Å². The Morgan fingerprint density at radius 2 is 1.64 bits per heavy atom. The van der Waals surface area contributed by atoms with Crippen molar-refractivity contribution in [1.82, 2.24) is 9.21 Å². The fraction of sp³-hybridized carbons (Fsp3) is 0.278. The molecule has 2 aromatic carbocycles. The van der Waals surface area contributed by atoms with Crippen molar-refractivity contribution in [2.24, 2.45) is 0 Å². The van der Waals surface area contributed by atoms with Gasteiger partial charge in [0.05, 0.1) is 11.3 Å². The summed E-state index contributed by atoms with van der Waals surface area (Å²) in [4.78, 5) is 14.4. The van der Waals surface area contributed by atoms with E-state index < -0.39 is 10.0 Å². The first-order valence-corrected chi connectivity index (χ1v) is 9.58. The van der Waals surface area contributed by atoms with Crippen LogP contribution in [-0.2, 0) is 21.2 Å². The number of carbonyl (C=O) groups is 1. The van der Waals surface area contributed by atoms with E-state index in [1.165, 1.54) is 4.31 Å². The van der Waals surface area contributed by atoms with Gasteiger partial charge in [-0.05, 0) is 29.8 Å². The summed E-state index contributed by atoms with van der Waals surface area (Å²) in [5.74, 6) is -0.0117. The fourth-order valence-electron chi connectivity index (χ4n) is 2.91. The fourth-order valence-corrected chi connectivity index (χ4v) is 4.35. The van der Waals surface area contributed by atoms with Gasteiger partial charge >= 0.3 is 0 Å². The second kappa shape index (κ2) is 7.25. The first kappa shape index (κ1) is 17.4. The van der Waals surface area contributed by atoms with E-state index in [2.05, 4.69) is 0 Å². The average Bonchev–Trinajstić information content (AvgIpc) is 2.62. The van der Waals surface area contributed by atoms with Crippen molar-refractivity contribution in [3.05, 3.63) is 60.2 Å². The summed E-state index contributed by atoms with van der Waals surface area (Å²) < 4.78 is 26.6. The van der Waals surface area contributed by atoms with Crippen molar-refractivity contribution in [2.45, 2.75) is 11.3 Å². The van der Waals surface area contributed by atoms with E-state index in [0.29, 0.717) is 31.9 Å². The zero-order valence-corrected chi connectivity index (χ0v) is 14.7. The Hall–Kier alpha value is -2.38. The lowest BCUT2D eigenvalue weighted by Crippen LogP contribution is -2.50. The molecule has 3 rings (SSSR count). The maximum atomic E-state index is 12.6. The molecule has 0 radical (unpaired) electrons. The summed E-state index contributed by atoms with van der Waals surface area (Å²) in [6.45, 7) is 1.40. The normalized spacial score (nSPS) is 15.9. The molecule has 25 heavy (non-hydrogen) atoms. The zero-order valence-electron chi connectivity index (χ0n) is 13.8. The van der Waals surface area contributed by atoms with E-state index in [1.807, 2.05) is 12.1 Å². The van der Waals surface area contributed by atoms with Gasteiger partial charge < -0.3 is 10.6 Å². The molecule has 1 saturated heterocycles. The quantitative estimate of drug-likeness (QED) is 0.835. The van der Waals surface area contributed by atoms with Gasteiger partial charge in [0.1, 0.15) is 0 Å². The van der Waals surface area contributed by atoms with Crippen LogP contribution in [0.5, 0.6) is 0 Å². The Balaban J connectivity index is 1.61. The van der Waals surface area contributed by atoms with Gasteiger partial charge in [-0.25, -0.2) is 8.42 Å². The van der Waals surface area contributed by atoms with E-state index in [0.717, 1.165) is 5.56 Å². The standard InChI is InChI=1S/C18H21N3O3S/c19-16-6-4-5-15(13-16)14-18(22)20-9-11-21(12-10-20)25(23,24)17-7-2-1-3-8-17/h1-8,13H,9-12,14,19H2. The van der Waals surface area contributed by atoms with Crippen molar-refractivity contribution in [3.63, 3.8) is 0 Å². The Kier molecular flexibility index (Phi) is 5.06. The Morgan fingerprint density at radius 3 is 2.28 bits per heavy atom. The summed E-state index contributed by atoms with van der Waals surface area (Å²) >= 11 is 0. The lowest BCUT2D eigenvalue weighted by molar-refractivity contribution is -0.131. The van der Waals surface area contributed by atoms with Crippen LogP contribution in [0.25, 0.3) is 0 Å². The molecule has 1 fully saturated rings. The van der Waals surface area contributed by atoms with E-state index in [9.17, 15) is 13.2 Å². The molecule has 6 nitrogen and oxygen atoms in total. The summed E-state index contributed by atoms with van der Waals surface area (Å²) in [7, 11) is -3.50. The molecule has 0 spiro atoms. The van der Waals surface area contributed by atoms with Gasteiger partial charge in [-0.3, -0.25) is 4.79 Å². The third-order valence-corrected chi connectivity index (χ3v) is 6.19. The molecule has 1 amide bonds. The molecular formula is C18H21N3O3S. The van der Waals surface area contributed by atoms with Crippen LogP contribution in [0.2, 0.25) is 0 Å². The number of sulfonamides is 1. The average molecular weight is 359 g/mol. The van der Waals surface area contributed by atoms with Crippen LogP contribution in [0.1, 0.15) is 5.56 Å². The summed E-state index contributed by atoms with van der Waals surface area (Å²) in [5, 5.41) is 0. The van der Waals surface area contributed by atoms with Crippen LogP contribution in [0.4, 0.5) is 5.69 Å². The molecule has 0 atom stereocenters. The van der Waals surface area contributed by atoms with Crippen LogP contribution in [0.15, 0.2) is 59.5 Å². The molecule has 1 aliphatic rings. The van der Waals surface area contributed by atoms with Gasteiger partial charge in [-0.15, -0.1) is 0 Å². The highest BCUT2D eigenvalue weighted by molar-refractivity contribution is 7.89. The lowest BCUT2D eigenvalue weighted by Gasteiger charge is -2.34. The SMILES string of the molecule is Nc1cccc(CC(=O)N2CCN(S(=O)(=O)c3ccccc3)CC2)c1. The molecule has 2 aromatic rings. The maximum absolute atomic E-state index is 12.6. The van der Waals surface area contributed by atoms with Crippen LogP contribution in [-0.4, -0.2) is 49.7 Å². The van der Waals surface area contributed by atoms with Gasteiger partial charge in [0, 0.05) is 31.9 Å². The van der Waals surface area contributed by atoms with Gasteiger partial charge in [-0.1, -0.05) is 30.3 Å². The number of amides is 1. The van der Waals surface area contributed by atoms with Crippen molar-refractivity contribution >= 4 is 21.6 Å². The summed E-state index contributed by atoms with van der Waals surface area (Å²) in [6.07, 6.45) is 0.274. The van der Waals surface area contributed by atoms with Crippen LogP contribution >= 0.6 is 0 Å². The molecule has 0 saturated carbocycles. The number of rotatable bonds is 4. The minimum absolute atomic E-state index is 0.0117. The maximum Gasteiger partial charge on any atom is 0.243 e. The number of anilines is 1. The van der Waals surface area contributed by atoms with Gasteiger partial charge in [-0.2, -0.15) is 4.31 Å². The van der Waals surface area contributed by atoms with Crippen LogP contribution < -0.4 is 5.73 Å². The minimum Gasteiger partial charge on any atom is -0.399 e. The highest BCUT2D eigenvalue weighted by Gasteiger charge is 2.29. The van der Waals surface area contributed by atoms with Gasteiger partial charge in [0.25, 0.3) is 0 Å². The largest absolute Gasteiger partial charge is 0.399 e. The number of hydrogen-bond donors (Lipinski definition) is 1. The molecular weight excluding hydrogens is 338 g/mol. The highest BCUT2D eigenvalue weighted by Crippen LogP contribution is 2.18. The van der Waals surface area contributed by atoms with Gasteiger partial charge in [0.2, 0.25) is 15.9 Å². The predicted molar refractivity (Wildman–Crippen MR) is 96.3 cm³/mol. The molecule has 0 bridgehead atoms. The molecule has 0 aliphatic carbocycles. The number of nitrogens with zero attached hydrogens (tertiary/aromatic N) is 2. The van der Waals surface area contributed by atoms with Crippen molar-refractivity contribution in [3.8, 4) is 0 Å². The number of carbonyl (C=O) groups excluding carboxylic acids is 1. The number of nitrogen functional groups attached to an aromatic ring is 1. The second-order valence-electron chi connectivity index (χ2n) is 6.02. The van der Waals surface area contributed by atoms with Gasteiger partial charge in [0.15, 0.2) is 0 Å². The first-order chi connectivity index (χ1) is 12.0. The first-order valence-electron chi connectivity index (χ1n) is 8.14. The molecule has 1 heterocycles. The summed E-state index contributed by atoms with van der Waals surface area (Å²) in [5.41, 5.74) is 7.23. The van der Waals surface area contributed by atoms with Crippen LogP contribution in [0, 0.1) is 0 Å². The number of benzene rings is 2. The minimum atomic E-state index is -3.50. The molecule has 2 N–H and O–H groups in total. The number of hydrogen-bond acceptors (Lipinski definition) is 4. The van der Waals surface area contributed by atoms with Crippen molar-refractivity contribution in [2.75, 3.05) is 31.9 Å². The van der Waals surface area contributed by atoms with E-state index in [-0.39, 0.29) is 17.2 Å². The predicted octanol–water partition coefficient (Wildman–Crippen LogP) is 1.34. The van der Waals surface area contributed by atoms with Crippen molar-refractivity contribution in [1.29, 1.82) is 0 Å². The molecule has 7 heteroatoms. The lowest BCUT2D eigenvalue weighted by atomic mass is 10.1. The Labute approximate surface area is 147 Å². The molecule has 0 aromatic heterocycles. The molecule has 132 valence electrons. The second-order valence-corrected chi connectivity index (χ2v) is 7.96. The monoisotopic (exact) mass is 359 g/mol. The molecule has 0 unspecified atom stereocenters. The van der Waals surface area contributed by atoms with E-state index in [1.54, 1.807) is 47.4 Å². The third-order valence-electron chi connectivity index (χ3n) is 4.28.